The molecular formula is C14H15NOS. The summed E-state index contributed by atoms with van der Waals surface area (Å²) in [5, 5.41) is 13.1. The number of nitrogens with zero attached hydrogens (tertiary/aromatic N) is 1. The highest BCUT2D eigenvalue weighted by Crippen LogP contribution is 2.40. The maximum Gasteiger partial charge on any atom is 0.0954 e. The predicted molar refractivity (Wildman–Crippen MR) is 69.2 cm³/mol. The van der Waals surface area contributed by atoms with Gasteiger partial charge in [-0.15, -0.1) is 11.3 Å². The zero-order valence-corrected chi connectivity index (χ0v) is 10.4. The van der Waals surface area contributed by atoms with Crippen molar-refractivity contribution in [3.8, 4) is 0 Å². The fourth-order valence-electron chi connectivity index (χ4n) is 2.07. The van der Waals surface area contributed by atoms with Crippen LogP contribution in [0, 0.1) is 0 Å². The number of aliphatic hydroxyl groups excluding tert-OH is 1. The van der Waals surface area contributed by atoms with Crippen molar-refractivity contribution < 1.29 is 5.11 Å². The van der Waals surface area contributed by atoms with Gasteiger partial charge in [0.05, 0.1) is 11.1 Å². The lowest BCUT2D eigenvalue weighted by molar-refractivity contribution is 0.178. The van der Waals surface area contributed by atoms with Crippen LogP contribution in [0.4, 0.5) is 0 Å². The number of aliphatic hydroxyl groups is 1. The maximum absolute atomic E-state index is 10.2. The third-order valence-electron chi connectivity index (χ3n) is 3.20. The van der Waals surface area contributed by atoms with Crippen LogP contribution >= 0.6 is 11.3 Å². The fourth-order valence-corrected chi connectivity index (χ4v) is 2.73. The number of aromatic nitrogens is 1. The SMILES string of the molecule is OC(Cc1nccs1)c1cccc(C2CC2)c1. The van der Waals surface area contributed by atoms with Crippen molar-refractivity contribution >= 4 is 11.3 Å². The molecule has 3 rings (SSSR count). The second kappa shape index (κ2) is 4.59. The molecule has 1 unspecified atom stereocenters. The molecule has 3 heteroatoms. The molecule has 1 aromatic heterocycles. The summed E-state index contributed by atoms with van der Waals surface area (Å²) in [5.74, 6) is 0.738. The Labute approximate surface area is 105 Å². The molecule has 17 heavy (non-hydrogen) atoms. The van der Waals surface area contributed by atoms with Crippen LogP contribution in [0.15, 0.2) is 35.8 Å². The molecule has 1 aliphatic rings. The molecular weight excluding hydrogens is 230 g/mol. The van der Waals surface area contributed by atoms with Crippen LogP contribution in [0.1, 0.15) is 41.0 Å². The highest BCUT2D eigenvalue weighted by Gasteiger charge is 2.24. The van der Waals surface area contributed by atoms with Crippen LogP contribution in [-0.2, 0) is 6.42 Å². The van der Waals surface area contributed by atoms with Crippen LogP contribution in [0.5, 0.6) is 0 Å². The Hall–Kier alpha value is -1.19. The van der Waals surface area contributed by atoms with Crippen molar-refractivity contribution in [2.45, 2.75) is 31.3 Å². The molecule has 1 heterocycles. The summed E-state index contributed by atoms with van der Waals surface area (Å²) in [5.41, 5.74) is 2.39. The molecule has 1 fully saturated rings. The molecule has 1 atom stereocenters. The summed E-state index contributed by atoms with van der Waals surface area (Å²) in [6.07, 6.45) is 4.57. The first kappa shape index (κ1) is 10.9. The first-order valence-electron chi connectivity index (χ1n) is 5.99. The van der Waals surface area contributed by atoms with Gasteiger partial charge in [-0.1, -0.05) is 24.3 Å². The van der Waals surface area contributed by atoms with E-state index < -0.39 is 6.10 Å². The molecule has 1 saturated carbocycles. The molecule has 0 aliphatic heterocycles. The summed E-state index contributed by atoms with van der Waals surface area (Å²) in [7, 11) is 0. The normalized spacial score (nSPS) is 17.0. The first-order valence-corrected chi connectivity index (χ1v) is 6.87. The van der Waals surface area contributed by atoms with Crippen molar-refractivity contribution in [3.05, 3.63) is 52.0 Å². The highest BCUT2D eigenvalue weighted by atomic mass is 32.1. The second-order valence-electron chi connectivity index (χ2n) is 4.59. The van der Waals surface area contributed by atoms with Gasteiger partial charge in [-0.3, -0.25) is 0 Å². The van der Waals surface area contributed by atoms with Crippen LogP contribution in [-0.4, -0.2) is 10.1 Å². The molecule has 0 spiro atoms. The maximum atomic E-state index is 10.2. The Bertz CT molecular complexity index is 491. The number of hydrogen-bond donors (Lipinski definition) is 1. The zero-order chi connectivity index (χ0) is 11.7. The Morgan fingerprint density at radius 1 is 1.41 bits per heavy atom. The minimum Gasteiger partial charge on any atom is -0.388 e. The minimum atomic E-state index is -0.431. The lowest BCUT2D eigenvalue weighted by Crippen LogP contribution is -2.01. The van der Waals surface area contributed by atoms with Crippen LogP contribution in [0.25, 0.3) is 0 Å². The van der Waals surface area contributed by atoms with Crippen LogP contribution < -0.4 is 0 Å². The van der Waals surface area contributed by atoms with Crippen molar-refractivity contribution in [1.82, 2.24) is 4.98 Å². The molecule has 1 aliphatic carbocycles. The molecule has 1 aromatic carbocycles. The Morgan fingerprint density at radius 3 is 3.00 bits per heavy atom. The average Bonchev–Trinajstić information content (AvgIpc) is 3.09. The van der Waals surface area contributed by atoms with E-state index in [1.54, 1.807) is 17.5 Å². The molecule has 0 bridgehead atoms. The summed E-state index contributed by atoms with van der Waals surface area (Å²) in [4.78, 5) is 4.21. The smallest absolute Gasteiger partial charge is 0.0954 e. The van der Waals surface area contributed by atoms with E-state index in [2.05, 4.69) is 17.1 Å². The van der Waals surface area contributed by atoms with E-state index in [0.29, 0.717) is 6.42 Å². The summed E-state index contributed by atoms with van der Waals surface area (Å²) in [6, 6.07) is 8.37. The van der Waals surface area contributed by atoms with Crippen molar-refractivity contribution in [2.75, 3.05) is 0 Å². The molecule has 0 radical (unpaired) electrons. The molecule has 2 nitrogen and oxygen atoms in total. The van der Waals surface area contributed by atoms with E-state index in [0.717, 1.165) is 16.5 Å². The van der Waals surface area contributed by atoms with Crippen LogP contribution in [0.2, 0.25) is 0 Å². The van der Waals surface area contributed by atoms with Gasteiger partial charge >= 0.3 is 0 Å². The lowest BCUT2D eigenvalue weighted by Gasteiger charge is -2.10. The molecule has 0 amide bonds. The van der Waals surface area contributed by atoms with Crippen molar-refractivity contribution in [3.63, 3.8) is 0 Å². The van der Waals surface area contributed by atoms with E-state index in [-0.39, 0.29) is 0 Å². The van der Waals surface area contributed by atoms with E-state index in [4.69, 9.17) is 0 Å². The highest BCUT2D eigenvalue weighted by molar-refractivity contribution is 7.09. The summed E-state index contributed by atoms with van der Waals surface area (Å²) < 4.78 is 0. The molecule has 0 saturated heterocycles. The van der Waals surface area contributed by atoms with Gasteiger partial charge in [-0.25, -0.2) is 4.98 Å². The van der Waals surface area contributed by atoms with Gasteiger partial charge in [0, 0.05) is 18.0 Å². The summed E-state index contributed by atoms with van der Waals surface area (Å²) in [6.45, 7) is 0. The van der Waals surface area contributed by atoms with Gasteiger partial charge in [-0.2, -0.15) is 0 Å². The number of thiazole rings is 1. The van der Waals surface area contributed by atoms with E-state index >= 15 is 0 Å². The largest absolute Gasteiger partial charge is 0.388 e. The van der Waals surface area contributed by atoms with E-state index in [1.807, 2.05) is 17.5 Å². The quantitative estimate of drug-likeness (QED) is 0.896. The molecule has 2 aromatic rings. The summed E-state index contributed by atoms with van der Waals surface area (Å²) >= 11 is 1.60. The Balaban J connectivity index is 1.76. The van der Waals surface area contributed by atoms with E-state index in [1.165, 1.54) is 18.4 Å². The van der Waals surface area contributed by atoms with Gasteiger partial charge in [0.1, 0.15) is 0 Å². The first-order chi connectivity index (χ1) is 8.33. The second-order valence-corrected chi connectivity index (χ2v) is 5.57. The third kappa shape index (κ3) is 2.56. The van der Waals surface area contributed by atoms with Crippen LogP contribution in [0.3, 0.4) is 0 Å². The van der Waals surface area contributed by atoms with Gasteiger partial charge in [0.25, 0.3) is 0 Å². The number of benzene rings is 1. The standard InChI is InChI=1S/C14H15NOS/c16-13(9-14-15-6-7-17-14)12-3-1-2-11(8-12)10-4-5-10/h1-3,6-8,10,13,16H,4-5,9H2. The topological polar surface area (TPSA) is 33.1 Å². The van der Waals surface area contributed by atoms with Gasteiger partial charge in [-0.05, 0) is 29.9 Å². The molecule has 1 N–H and O–H groups in total. The van der Waals surface area contributed by atoms with Gasteiger partial charge in [0.2, 0.25) is 0 Å². The number of hydrogen-bond acceptors (Lipinski definition) is 3. The Kier molecular flexibility index (Phi) is 2.95. The third-order valence-corrected chi connectivity index (χ3v) is 4.00. The van der Waals surface area contributed by atoms with Gasteiger partial charge in [0.15, 0.2) is 0 Å². The number of rotatable bonds is 4. The minimum absolute atomic E-state index is 0.431. The molecule has 88 valence electrons. The van der Waals surface area contributed by atoms with Crippen molar-refractivity contribution in [1.29, 1.82) is 0 Å². The fraction of sp³-hybridized carbons (Fsp3) is 0.357. The average molecular weight is 245 g/mol. The lowest BCUT2D eigenvalue weighted by atomic mass is 10.0. The van der Waals surface area contributed by atoms with E-state index in [9.17, 15) is 5.11 Å². The van der Waals surface area contributed by atoms with Gasteiger partial charge < -0.3 is 5.11 Å². The monoisotopic (exact) mass is 245 g/mol. The van der Waals surface area contributed by atoms with Crippen molar-refractivity contribution in [2.24, 2.45) is 0 Å². The predicted octanol–water partition coefficient (Wildman–Crippen LogP) is 3.30. The zero-order valence-electron chi connectivity index (χ0n) is 9.54. The Morgan fingerprint density at radius 2 is 2.29 bits per heavy atom.